The van der Waals surface area contributed by atoms with Gasteiger partial charge in [0.05, 0.1) is 18.6 Å². The van der Waals surface area contributed by atoms with E-state index < -0.39 is 14.0 Å². The summed E-state index contributed by atoms with van der Waals surface area (Å²) >= 11 is 0. The standard InChI is InChI=1S/C27H30F2N10O2Si/c1-37-23-19(12-30)20(41-18-10-17-13-33-39(25(17)32-14-18)16-40-8-9-42(2,3)4)15-31-24(23)35-26(37)34-22-11-21-27(28,29)6-5-7-38(21)36-22/h10-11,13-15H,5-9,16H2,1-4H3,(H,31,34,35,36). The molecule has 0 bridgehead atoms. The molecule has 12 nitrogen and oxygen atoms in total. The number of nitrogens with one attached hydrogen (secondary N) is 1. The predicted molar refractivity (Wildman–Crippen MR) is 154 cm³/mol. The van der Waals surface area contributed by atoms with Gasteiger partial charge in [-0.05, 0) is 18.5 Å². The van der Waals surface area contributed by atoms with Gasteiger partial charge in [0.25, 0.3) is 5.92 Å². The fraction of sp³-hybridized carbons (Fsp3) is 0.407. The summed E-state index contributed by atoms with van der Waals surface area (Å²) in [5, 5.41) is 22.5. The molecule has 42 heavy (non-hydrogen) atoms. The highest BCUT2D eigenvalue weighted by Crippen LogP contribution is 2.38. The van der Waals surface area contributed by atoms with Crippen LogP contribution in [0, 0.1) is 11.3 Å². The number of pyridine rings is 2. The number of ether oxygens (including phenoxy) is 2. The van der Waals surface area contributed by atoms with Crippen LogP contribution in [0.1, 0.15) is 24.1 Å². The number of nitriles is 1. The molecule has 0 aliphatic carbocycles. The van der Waals surface area contributed by atoms with Crippen molar-refractivity contribution in [3.8, 4) is 17.6 Å². The summed E-state index contributed by atoms with van der Waals surface area (Å²) in [6.45, 7) is 8.31. The van der Waals surface area contributed by atoms with Crippen molar-refractivity contribution in [1.82, 2.24) is 39.1 Å². The van der Waals surface area contributed by atoms with E-state index in [9.17, 15) is 14.0 Å². The normalized spacial score (nSPS) is 14.7. The lowest BCUT2D eigenvalue weighted by Crippen LogP contribution is -2.25. The highest BCUT2D eigenvalue weighted by atomic mass is 28.3. The number of aromatic nitrogens is 8. The number of hydrogen-bond donors (Lipinski definition) is 1. The van der Waals surface area contributed by atoms with Gasteiger partial charge in [0.2, 0.25) is 5.95 Å². The van der Waals surface area contributed by atoms with Crippen LogP contribution in [0.4, 0.5) is 20.5 Å². The molecule has 0 aromatic carbocycles. The minimum absolute atomic E-state index is 0.132. The van der Waals surface area contributed by atoms with Crippen LogP contribution in [0.15, 0.2) is 30.7 Å². The van der Waals surface area contributed by atoms with Crippen LogP contribution in [-0.4, -0.2) is 53.8 Å². The Labute approximate surface area is 240 Å². The summed E-state index contributed by atoms with van der Waals surface area (Å²) in [4.78, 5) is 13.3. The van der Waals surface area contributed by atoms with E-state index in [4.69, 9.17) is 9.47 Å². The van der Waals surface area contributed by atoms with E-state index in [1.54, 1.807) is 34.8 Å². The quantitative estimate of drug-likeness (QED) is 0.174. The first-order valence-corrected chi connectivity index (χ1v) is 17.3. The molecular formula is C27H30F2N10O2Si. The lowest BCUT2D eigenvalue weighted by Gasteiger charge is -2.22. The third-order valence-corrected chi connectivity index (χ3v) is 8.82. The fourth-order valence-electron chi connectivity index (χ4n) is 4.85. The van der Waals surface area contributed by atoms with Crippen LogP contribution in [0.25, 0.3) is 22.2 Å². The van der Waals surface area contributed by atoms with E-state index in [2.05, 4.69) is 56.2 Å². The van der Waals surface area contributed by atoms with E-state index in [0.717, 1.165) is 11.4 Å². The van der Waals surface area contributed by atoms with Gasteiger partial charge in [-0.3, -0.25) is 4.68 Å². The molecule has 6 heterocycles. The number of halogens is 2. The lowest BCUT2D eigenvalue weighted by molar-refractivity contribution is -0.0364. The molecule has 5 aromatic rings. The lowest BCUT2D eigenvalue weighted by atomic mass is 10.1. The molecule has 6 rings (SSSR count). The van der Waals surface area contributed by atoms with E-state index in [0.29, 0.717) is 54.8 Å². The van der Waals surface area contributed by atoms with Crippen molar-refractivity contribution >= 4 is 42.0 Å². The third-order valence-electron chi connectivity index (χ3n) is 7.12. The second-order valence-electron chi connectivity index (χ2n) is 11.5. The second kappa shape index (κ2) is 10.4. The summed E-state index contributed by atoms with van der Waals surface area (Å²) in [7, 11) is 0.514. The summed E-state index contributed by atoms with van der Waals surface area (Å²) in [6, 6.07) is 6.36. The highest BCUT2D eigenvalue weighted by Gasteiger charge is 2.38. The van der Waals surface area contributed by atoms with Gasteiger partial charge in [-0.25, -0.2) is 14.6 Å². The summed E-state index contributed by atoms with van der Waals surface area (Å²) < 4.78 is 45.1. The van der Waals surface area contributed by atoms with Crippen molar-refractivity contribution < 1.29 is 18.3 Å². The molecule has 0 atom stereocenters. The highest BCUT2D eigenvalue weighted by molar-refractivity contribution is 6.76. The number of nitrogens with zero attached hydrogens (tertiary/aromatic N) is 9. The Bertz CT molecular complexity index is 1830. The van der Waals surface area contributed by atoms with Crippen molar-refractivity contribution in [2.75, 3.05) is 11.9 Å². The van der Waals surface area contributed by atoms with Gasteiger partial charge in [-0.15, -0.1) is 0 Å². The van der Waals surface area contributed by atoms with Gasteiger partial charge in [0.1, 0.15) is 35.3 Å². The Balaban J connectivity index is 1.23. The van der Waals surface area contributed by atoms with Crippen LogP contribution in [0.3, 0.4) is 0 Å². The first kappa shape index (κ1) is 27.7. The molecule has 218 valence electrons. The molecule has 0 amide bonds. The first-order valence-electron chi connectivity index (χ1n) is 13.6. The summed E-state index contributed by atoms with van der Waals surface area (Å²) in [6.07, 6.45) is 4.81. The largest absolute Gasteiger partial charge is 0.453 e. The fourth-order valence-corrected chi connectivity index (χ4v) is 5.60. The van der Waals surface area contributed by atoms with Gasteiger partial charge in [-0.1, -0.05) is 19.6 Å². The van der Waals surface area contributed by atoms with Crippen molar-refractivity contribution in [1.29, 1.82) is 5.26 Å². The van der Waals surface area contributed by atoms with E-state index in [1.807, 2.05) is 0 Å². The Kier molecular flexibility index (Phi) is 6.90. The topological polar surface area (TPSA) is 134 Å². The molecule has 0 radical (unpaired) electrons. The Hall–Kier alpha value is -4.42. The van der Waals surface area contributed by atoms with Crippen LogP contribution in [0.2, 0.25) is 25.7 Å². The smallest absolute Gasteiger partial charge is 0.289 e. The molecule has 0 unspecified atom stereocenters. The van der Waals surface area contributed by atoms with Crippen LogP contribution < -0.4 is 10.1 Å². The van der Waals surface area contributed by atoms with Crippen LogP contribution >= 0.6 is 0 Å². The zero-order chi connectivity index (χ0) is 29.6. The minimum atomic E-state index is -2.93. The van der Waals surface area contributed by atoms with E-state index >= 15 is 0 Å². The number of rotatable bonds is 9. The molecule has 0 fully saturated rings. The number of alkyl halides is 2. The zero-order valence-corrected chi connectivity index (χ0v) is 24.7. The SMILES string of the molecule is Cn1c(Nc2cc3n(n2)CCCC3(F)F)nc2ncc(Oc3cnc4c(cnn4COCC[Si](C)(C)C)c3)c(C#N)c21. The van der Waals surface area contributed by atoms with Crippen molar-refractivity contribution in [2.45, 2.75) is 57.7 Å². The van der Waals surface area contributed by atoms with E-state index in [1.165, 1.54) is 16.9 Å². The van der Waals surface area contributed by atoms with Crippen molar-refractivity contribution in [3.05, 3.63) is 42.0 Å². The monoisotopic (exact) mass is 592 g/mol. The number of aryl methyl sites for hydroxylation is 2. The Morgan fingerprint density at radius 2 is 2.00 bits per heavy atom. The molecule has 5 aromatic heterocycles. The van der Waals surface area contributed by atoms with Gasteiger partial charge in [0.15, 0.2) is 22.9 Å². The average molecular weight is 593 g/mol. The summed E-state index contributed by atoms with van der Waals surface area (Å²) in [5.41, 5.74) is 1.45. The molecule has 0 saturated carbocycles. The number of hydrogen-bond acceptors (Lipinski definition) is 9. The van der Waals surface area contributed by atoms with Crippen LogP contribution in [0.5, 0.6) is 11.5 Å². The maximum absolute atomic E-state index is 14.3. The molecular weight excluding hydrogens is 562 g/mol. The average Bonchev–Trinajstić information content (AvgIpc) is 3.62. The molecule has 1 N–H and O–H groups in total. The molecule has 1 aliphatic heterocycles. The first-order chi connectivity index (χ1) is 20.0. The maximum atomic E-state index is 14.3. The van der Waals surface area contributed by atoms with Gasteiger partial charge in [0, 0.05) is 46.1 Å². The third kappa shape index (κ3) is 5.30. The molecule has 0 saturated heterocycles. The second-order valence-corrected chi connectivity index (χ2v) is 17.1. The number of fused-ring (bicyclic) bond motifs is 3. The Morgan fingerprint density at radius 1 is 1.17 bits per heavy atom. The molecule has 1 aliphatic rings. The van der Waals surface area contributed by atoms with Crippen LogP contribution in [-0.2, 0) is 31.0 Å². The molecule has 0 spiro atoms. The number of anilines is 2. The van der Waals surface area contributed by atoms with E-state index in [-0.39, 0.29) is 29.2 Å². The summed E-state index contributed by atoms with van der Waals surface area (Å²) in [5.74, 6) is -1.77. The zero-order valence-electron chi connectivity index (χ0n) is 23.7. The van der Waals surface area contributed by atoms with Gasteiger partial charge in [-0.2, -0.15) is 29.2 Å². The van der Waals surface area contributed by atoms with Gasteiger partial charge < -0.3 is 19.4 Å². The maximum Gasteiger partial charge on any atom is 0.289 e. The van der Waals surface area contributed by atoms with Crippen molar-refractivity contribution in [3.63, 3.8) is 0 Å². The van der Waals surface area contributed by atoms with Crippen molar-refractivity contribution in [2.24, 2.45) is 7.05 Å². The minimum Gasteiger partial charge on any atom is -0.453 e. The predicted octanol–water partition coefficient (Wildman–Crippen LogP) is 5.51. The molecule has 15 heteroatoms. The number of imidazole rings is 1. The Morgan fingerprint density at radius 3 is 2.76 bits per heavy atom. The van der Waals surface area contributed by atoms with Gasteiger partial charge >= 0.3 is 0 Å².